The third-order valence-electron chi connectivity index (χ3n) is 5.03. The van der Waals surface area contributed by atoms with E-state index in [4.69, 9.17) is 15.2 Å². The van der Waals surface area contributed by atoms with Gasteiger partial charge in [0.1, 0.15) is 17.7 Å². The highest BCUT2D eigenvalue weighted by atomic mass is 19.1. The lowest BCUT2D eigenvalue weighted by Crippen LogP contribution is -2.33. The first-order valence-corrected chi connectivity index (χ1v) is 9.23. The van der Waals surface area contributed by atoms with E-state index in [-0.39, 0.29) is 17.3 Å². The van der Waals surface area contributed by atoms with Crippen LogP contribution in [0.4, 0.5) is 9.18 Å². The molecule has 0 fully saturated rings. The quantitative estimate of drug-likeness (QED) is 0.784. The van der Waals surface area contributed by atoms with E-state index >= 15 is 0 Å². The fraction of sp³-hybridized carbons (Fsp3) is 0.409. The SMILES string of the molecule is CC(C)Oc1ccc(-c2cc3c(cc2F)[C@H](OC(N)=O)C(C)(C)CC3)cc1. The molecule has 2 aromatic rings. The maximum Gasteiger partial charge on any atom is 0.405 e. The van der Waals surface area contributed by atoms with E-state index in [0.717, 1.165) is 29.7 Å². The summed E-state index contributed by atoms with van der Waals surface area (Å²) in [5, 5.41) is 0. The summed E-state index contributed by atoms with van der Waals surface area (Å²) in [6.45, 7) is 7.93. The van der Waals surface area contributed by atoms with Gasteiger partial charge in [0.15, 0.2) is 0 Å². The number of rotatable bonds is 4. The van der Waals surface area contributed by atoms with Gasteiger partial charge in [0.25, 0.3) is 0 Å². The lowest BCUT2D eigenvalue weighted by Gasteiger charge is -2.39. The number of carbonyl (C=O) groups excluding carboxylic acids is 1. The summed E-state index contributed by atoms with van der Waals surface area (Å²) in [5.41, 5.74) is 7.94. The van der Waals surface area contributed by atoms with Crippen LogP contribution in [0.15, 0.2) is 36.4 Å². The molecule has 2 aromatic carbocycles. The fourth-order valence-corrected chi connectivity index (χ4v) is 3.65. The van der Waals surface area contributed by atoms with Crippen LogP contribution in [-0.2, 0) is 11.2 Å². The molecule has 27 heavy (non-hydrogen) atoms. The molecule has 3 rings (SSSR count). The number of halogens is 1. The second-order valence-corrected chi connectivity index (χ2v) is 8.03. The number of nitrogens with two attached hydrogens (primary N) is 1. The number of aryl methyl sites for hydroxylation is 1. The van der Waals surface area contributed by atoms with Crippen molar-refractivity contribution in [3.63, 3.8) is 0 Å². The van der Waals surface area contributed by atoms with Crippen molar-refractivity contribution in [2.45, 2.75) is 52.7 Å². The van der Waals surface area contributed by atoms with Gasteiger partial charge >= 0.3 is 6.09 Å². The monoisotopic (exact) mass is 371 g/mol. The van der Waals surface area contributed by atoms with Gasteiger partial charge in [-0.1, -0.05) is 26.0 Å². The summed E-state index contributed by atoms with van der Waals surface area (Å²) in [4.78, 5) is 11.3. The van der Waals surface area contributed by atoms with Crippen LogP contribution in [0.5, 0.6) is 5.75 Å². The minimum Gasteiger partial charge on any atom is -0.491 e. The van der Waals surface area contributed by atoms with Gasteiger partial charge in [-0.3, -0.25) is 0 Å². The molecule has 1 aliphatic rings. The Labute approximate surface area is 159 Å². The topological polar surface area (TPSA) is 61.6 Å². The molecule has 0 unspecified atom stereocenters. The molecule has 0 heterocycles. The summed E-state index contributed by atoms with van der Waals surface area (Å²) in [6, 6.07) is 10.7. The van der Waals surface area contributed by atoms with Crippen molar-refractivity contribution in [1.29, 1.82) is 0 Å². The van der Waals surface area contributed by atoms with Crippen molar-refractivity contribution >= 4 is 6.09 Å². The van der Waals surface area contributed by atoms with Crippen LogP contribution >= 0.6 is 0 Å². The second-order valence-electron chi connectivity index (χ2n) is 8.03. The van der Waals surface area contributed by atoms with Crippen molar-refractivity contribution in [1.82, 2.24) is 0 Å². The largest absolute Gasteiger partial charge is 0.491 e. The van der Waals surface area contributed by atoms with Crippen LogP contribution in [0.3, 0.4) is 0 Å². The highest BCUT2D eigenvalue weighted by molar-refractivity contribution is 5.68. The molecule has 0 saturated carbocycles. The summed E-state index contributed by atoms with van der Waals surface area (Å²) < 4.78 is 25.9. The Morgan fingerprint density at radius 3 is 2.48 bits per heavy atom. The molecule has 0 aromatic heterocycles. The van der Waals surface area contributed by atoms with Crippen LogP contribution in [-0.4, -0.2) is 12.2 Å². The summed E-state index contributed by atoms with van der Waals surface area (Å²) in [5.74, 6) is 0.408. The van der Waals surface area contributed by atoms with Crippen LogP contribution in [0.2, 0.25) is 0 Å². The Bertz CT molecular complexity index is 843. The van der Waals surface area contributed by atoms with E-state index in [1.54, 1.807) is 0 Å². The molecule has 144 valence electrons. The molecule has 0 aliphatic heterocycles. The van der Waals surface area contributed by atoms with Gasteiger partial charge in [0.05, 0.1) is 6.10 Å². The highest BCUT2D eigenvalue weighted by Gasteiger charge is 2.39. The zero-order chi connectivity index (χ0) is 19.8. The Morgan fingerprint density at radius 2 is 1.89 bits per heavy atom. The lowest BCUT2D eigenvalue weighted by molar-refractivity contribution is 0.0145. The van der Waals surface area contributed by atoms with Gasteiger partial charge in [-0.05, 0) is 67.6 Å². The van der Waals surface area contributed by atoms with Crippen LogP contribution < -0.4 is 10.5 Å². The molecule has 0 radical (unpaired) electrons. The average molecular weight is 371 g/mol. The molecule has 0 saturated heterocycles. The Kier molecular flexibility index (Phi) is 5.13. The van der Waals surface area contributed by atoms with Gasteiger partial charge in [-0.25, -0.2) is 9.18 Å². The number of fused-ring (bicyclic) bond motifs is 1. The Hall–Kier alpha value is -2.56. The van der Waals surface area contributed by atoms with E-state index in [1.807, 2.05) is 58.0 Å². The third-order valence-corrected chi connectivity index (χ3v) is 5.03. The fourth-order valence-electron chi connectivity index (χ4n) is 3.65. The van der Waals surface area contributed by atoms with Gasteiger partial charge in [0.2, 0.25) is 0 Å². The normalized spacial score (nSPS) is 18.1. The predicted molar refractivity (Wildman–Crippen MR) is 103 cm³/mol. The number of carbonyl (C=O) groups is 1. The first-order chi connectivity index (χ1) is 12.7. The van der Waals surface area contributed by atoms with Crippen molar-refractivity contribution in [3.05, 3.63) is 53.3 Å². The number of ether oxygens (including phenoxy) is 2. The van der Waals surface area contributed by atoms with Crippen molar-refractivity contribution < 1.29 is 18.7 Å². The minimum absolute atomic E-state index is 0.0851. The van der Waals surface area contributed by atoms with Crippen molar-refractivity contribution in [2.75, 3.05) is 0 Å². The minimum atomic E-state index is -0.842. The summed E-state index contributed by atoms with van der Waals surface area (Å²) in [6.07, 6.45) is 0.310. The third kappa shape index (κ3) is 4.07. The second kappa shape index (κ2) is 7.22. The van der Waals surface area contributed by atoms with E-state index in [0.29, 0.717) is 11.1 Å². The number of amides is 1. The smallest absolute Gasteiger partial charge is 0.405 e. The van der Waals surface area contributed by atoms with Crippen molar-refractivity contribution in [3.8, 4) is 16.9 Å². The van der Waals surface area contributed by atoms with Crippen LogP contribution in [0.1, 0.15) is 51.3 Å². The Morgan fingerprint density at radius 1 is 1.22 bits per heavy atom. The molecule has 5 heteroatoms. The molecule has 1 atom stereocenters. The van der Waals surface area contributed by atoms with Gasteiger partial charge in [0, 0.05) is 11.0 Å². The van der Waals surface area contributed by atoms with E-state index in [1.165, 1.54) is 6.07 Å². The zero-order valence-electron chi connectivity index (χ0n) is 16.2. The number of hydrogen-bond donors (Lipinski definition) is 1. The van der Waals surface area contributed by atoms with Crippen molar-refractivity contribution in [2.24, 2.45) is 11.1 Å². The zero-order valence-corrected chi connectivity index (χ0v) is 16.2. The molecule has 0 bridgehead atoms. The molecule has 1 aliphatic carbocycles. The molecule has 2 N–H and O–H groups in total. The summed E-state index contributed by atoms with van der Waals surface area (Å²) in [7, 11) is 0. The van der Waals surface area contributed by atoms with E-state index < -0.39 is 12.2 Å². The maximum absolute atomic E-state index is 14.9. The average Bonchev–Trinajstić information content (AvgIpc) is 2.57. The maximum atomic E-state index is 14.9. The standard InChI is InChI=1S/C22H26FNO3/c1-13(2)26-16-7-5-14(6-8-16)17-11-15-9-10-22(3,4)20(27-21(24)25)18(15)12-19(17)23/h5-8,11-13,20H,9-10H2,1-4H3,(H2,24,25)/t20-/m0/s1. The lowest BCUT2D eigenvalue weighted by atomic mass is 9.71. The van der Waals surface area contributed by atoms with E-state index in [9.17, 15) is 9.18 Å². The summed E-state index contributed by atoms with van der Waals surface area (Å²) >= 11 is 0. The molecular weight excluding hydrogens is 345 g/mol. The molecule has 0 spiro atoms. The van der Waals surface area contributed by atoms with E-state index in [2.05, 4.69) is 0 Å². The van der Waals surface area contributed by atoms with Crippen LogP contribution in [0.25, 0.3) is 11.1 Å². The first kappa shape index (κ1) is 19.2. The Balaban J connectivity index is 1.98. The molecular formula is C22H26FNO3. The molecule has 1 amide bonds. The van der Waals surface area contributed by atoms with Gasteiger partial charge < -0.3 is 15.2 Å². The number of benzene rings is 2. The number of hydrogen-bond acceptors (Lipinski definition) is 3. The van der Waals surface area contributed by atoms with Crippen LogP contribution in [0, 0.1) is 11.2 Å². The molecule has 4 nitrogen and oxygen atoms in total. The number of primary amides is 1. The highest BCUT2D eigenvalue weighted by Crippen LogP contribution is 2.47. The predicted octanol–water partition coefficient (Wildman–Crippen LogP) is 5.39. The first-order valence-electron chi connectivity index (χ1n) is 9.23. The van der Waals surface area contributed by atoms with Gasteiger partial charge in [-0.2, -0.15) is 0 Å². The van der Waals surface area contributed by atoms with Gasteiger partial charge in [-0.15, -0.1) is 0 Å².